The maximum Gasteiger partial charge on any atom is 0.414 e. The van der Waals surface area contributed by atoms with Crippen LogP contribution in [0.4, 0.5) is 10.5 Å². The summed E-state index contributed by atoms with van der Waals surface area (Å²) in [5.41, 5.74) is 7.01. The molecular weight excluding hydrogens is 398 g/mol. The van der Waals surface area contributed by atoms with Crippen LogP contribution in [0.15, 0.2) is 71.7 Å². The van der Waals surface area contributed by atoms with Crippen molar-refractivity contribution in [1.82, 2.24) is 0 Å². The van der Waals surface area contributed by atoms with Crippen molar-refractivity contribution >= 4 is 34.4 Å². The molecule has 1 unspecified atom stereocenters. The van der Waals surface area contributed by atoms with Gasteiger partial charge in [-0.2, -0.15) is 0 Å². The van der Waals surface area contributed by atoms with Gasteiger partial charge < -0.3 is 20.3 Å². The molecular formula is C23H21N3O5. The van der Waals surface area contributed by atoms with Crippen molar-refractivity contribution in [1.29, 1.82) is 0 Å². The maximum absolute atomic E-state index is 12.3. The fourth-order valence-corrected chi connectivity index (χ4v) is 3.32. The van der Waals surface area contributed by atoms with Crippen molar-refractivity contribution in [3.8, 4) is 5.75 Å². The van der Waals surface area contributed by atoms with Crippen LogP contribution in [-0.2, 0) is 9.53 Å². The number of aliphatic imine (C=N–C) groups is 1. The van der Waals surface area contributed by atoms with Crippen molar-refractivity contribution in [3.63, 3.8) is 0 Å². The van der Waals surface area contributed by atoms with E-state index in [1.165, 1.54) is 4.90 Å². The number of benzene rings is 3. The third-order valence-corrected chi connectivity index (χ3v) is 4.89. The molecule has 3 aromatic rings. The van der Waals surface area contributed by atoms with E-state index in [2.05, 4.69) is 4.99 Å². The number of carboxylic acid groups (broad SMARTS) is 1. The molecule has 158 valence electrons. The Hall–Kier alpha value is -4.07. The predicted molar refractivity (Wildman–Crippen MR) is 117 cm³/mol. The Morgan fingerprint density at radius 1 is 1.13 bits per heavy atom. The summed E-state index contributed by atoms with van der Waals surface area (Å²) in [7, 11) is 0. The third kappa shape index (κ3) is 4.75. The van der Waals surface area contributed by atoms with Crippen LogP contribution < -0.4 is 15.4 Å². The zero-order valence-electron chi connectivity index (χ0n) is 16.6. The molecule has 1 aliphatic rings. The van der Waals surface area contributed by atoms with Gasteiger partial charge in [0.25, 0.3) is 0 Å². The summed E-state index contributed by atoms with van der Waals surface area (Å²) in [5, 5.41) is 10.9. The average Bonchev–Trinajstić information content (AvgIpc) is 3.16. The highest BCUT2D eigenvalue weighted by atomic mass is 16.6. The first-order chi connectivity index (χ1) is 15.0. The van der Waals surface area contributed by atoms with Gasteiger partial charge in [-0.3, -0.25) is 14.7 Å². The van der Waals surface area contributed by atoms with Crippen molar-refractivity contribution in [2.75, 3.05) is 24.6 Å². The number of ether oxygens (including phenoxy) is 2. The molecule has 0 aliphatic carbocycles. The van der Waals surface area contributed by atoms with Crippen LogP contribution in [0.5, 0.6) is 5.75 Å². The molecule has 0 radical (unpaired) electrons. The minimum absolute atomic E-state index is 0.125. The van der Waals surface area contributed by atoms with E-state index >= 15 is 0 Å². The number of nitrogens with zero attached hydrogens (tertiary/aromatic N) is 2. The molecule has 1 saturated heterocycles. The topological polar surface area (TPSA) is 114 Å². The Morgan fingerprint density at radius 3 is 2.61 bits per heavy atom. The highest BCUT2D eigenvalue weighted by Crippen LogP contribution is 2.24. The van der Waals surface area contributed by atoms with Crippen LogP contribution in [0.2, 0.25) is 0 Å². The zero-order valence-corrected chi connectivity index (χ0v) is 16.6. The highest BCUT2D eigenvalue weighted by molar-refractivity contribution is 5.99. The summed E-state index contributed by atoms with van der Waals surface area (Å²) in [6.45, 7) is 0.201. The number of aliphatic carboxylic acids is 1. The second-order valence-electron chi connectivity index (χ2n) is 7.08. The largest absolute Gasteiger partial charge is 0.490 e. The Morgan fingerprint density at radius 2 is 1.87 bits per heavy atom. The molecule has 1 amide bonds. The summed E-state index contributed by atoms with van der Waals surface area (Å²) >= 11 is 0. The first-order valence-electron chi connectivity index (χ1n) is 9.71. The number of hydrogen-bond acceptors (Lipinski definition) is 5. The van der Waals surface area contributed by atoms with E-state index in [0.717, 1.165) is 10.8 Å². The molecule has 4 rings (SSSR count). The molecule has 0 saturated carbocycles. The Bertz CT molecular complexity index is 1140. The van der Waals surface area contributed by atoms with Crippen LogP contribution in [-0.4, -0.2) is 48.8 Å². The molecule has 31 heavy (non-hydrogen) atoms. The van der Waals surface area contributed by atoms with Gasteiger partial charge in [0, 0.05) is 11.3 Å². The second-order valence-corrected chi connectivity index (χ2v) is 7.08. The van der Waals surface area contributed by atoms with E-state index in [1.807, 2.05) is 42.5 Å². The van der Waals surface area contributed by atoms with E-state index in [9.17, 15) is 9.59 Å². The lowest BCUT2D eigenvalue weighted by Crippen LogP contribution is -2.26. The smallest absolute Gasteiger partial charge is 0.414 e. The Labute approximate surface area is 178 Å². The molecule has 8 heteroatoms. The number of amides is 1. The Kier molecular flexibility index (Phi) is 5.70. The molecule has 3 aromatic carbocycles. The molecule has 1 fully saturated rings. The molecule has 0 spiro atoms. The Balaban J connectivity index is 1.37. The van der Waals surface area contributed by atoms with Crippen LogP contribution in [0.25, 0.3) is 10.8 Å². The number of carbonyl (C=O) groups is 2. The van der Waals surface area contributed by atoms with Crippen molar-refractivity contribution < 1.29 is 24.2 Å². The number of anilines is 1. The van der Waals surface area contributed by atoms with Gasteiger partial charge in [-0.05, 0) is 47.2 Å². The van der Waals surface area contributed by atoms with Gasteiger partial charge in [0.1, 0.15) is 24.7 Å². The normalized spacial score (nSPS) is 16.4. The number of nitrogens with two attached hydrogens (primary N) is 1. The summed E-state index contributed by atoms with van der Waals surface area (Å²) in [4.78, 5) is 28.2. The molecule has 1 aliphatic heterocycles. The molecule has 8 nitrogen and oxygen atoms in total. The molecule has 1 heterocycles. The summed E-state index contributed by atoms with van der Waals surface area (Å²) in [5.74, 6) is -0.218. The minimum Gasteiger partial charge on any atom is -0.490 e. The number of hydrogen-bond donors (Lipinski definition) is 2. The number of cyclic esters (lactones) is 1. The third-order valence-electron chi connectivity index (χ3n) is 4.89. The van der Waals surface area contributed by atoms with Gasteiger partial charge in [-0.1, -0.05) is 30.3 Å². The molecule has 3 N–H and O–H groups in total. The number of fused-ring (bicyclic) bond motifs is 1. The predicted octanol–water partition coefficient (Wildman–Crippen LogP) is 3.03. The van der Waals surface area contributed by atoms with Crippen molar-refractivity contribution in [2.24, 2.45) is 10.7 Å². The summed E-state index contributed by atoms with van der Waals surface area (Å²) in [6.07, 6.45) is -0.853. The first kappa shape index (κ1) is 20.2. The fraction of sp³-hybridized carbons (Fsp3) is 0.174. The van der Waals surface area contributed by atoms with E-state index in [0.29, 0.717) is 23.5 Å². The van der Waals surface area contributed by atoms with Crippen LogP contribution >= 0.6 is 0 Å². The quantitative estimate of drug-likeness (QED) is 0.449. The van der Waals surface area contributed by atoms with Crippen LogP contribution in [0, 0.1) is 0 Å². The number of rotatable bonds is 7. The molecule has 0 bridgehead atoms. The number of carboxylic acids is 1. The second kappa shape index (κ2) is 8.74. The lowest BCUT2D eigenvalue weighted by molar-refractivity contribution is -0.135. The number of carbonyl (C=O) groups excluding carboxylic acids is 1. The standard InChI is InChI=1S/C23H21N3O5/c24-22(25-12-21(27)28)16-5-8-18(9-6-16)26-13-20(31-23(26)29)14-30-19-10-7-15-3-1-2-4-17(15)11-19/h1-11,20H,12-14H2,(H2,24,25)(H,27,28). The van der Waals surface area contributed by atoms with Gasteiger partial charge in [0.15, 0.2) is 6.10 Å². The fourth-order valence-electron chi connectivity index (χ4n) is 3.32. The van der Waals surface area contributed by atoms with Gasteiger partial charge in [-0.15, -0.1) is 0 Å². The first-order valence-corrected chi connectivity index (χ1v) is 9.71. The lowest BCUT2D eigenvalue weighted by atomic mass is 10.1. The van der Waals surface area contributed by atoms with E-state index in [1.54, 1.807) is 24.3 Å². The van der Waals surface area contributed by atoms with Crippen molar-refractivity contribution in [2.45, 2.75) is 6.10 Å². The summed E-state index contributed by atoms with van der Waals surface area (Å²) in [6, 6.07) is 20.6. The zero-order chi connectivity index (χ0) is 21.8. The van der Waals surface area contributed by atoms with E-state index in [-0.39, 0.29) is 12.4 Å². The lowest BCUT2D eigenvalue weighted by Gasteiger charge is -2.14. The van der Waals surface area contributed by atoms with E-state index in [4.69, 9.17) is 20.3 Å². The molecule has 1 atom stereocenters. The number of amidine groups is 1. The van der Waals surface area contributed by atoms with Gasteiger partial charge >= 0.3 is 12.1 Å². The average molecular weight is 419 g/mol. The van der Waals surface area contributed by atoms with Crippen LogP contribution in [0.1, 0.15) is 5.56 Å². The monoisotopic (exact) mass is 419 g/mol. The van der Waals surface area contributed by atoms with Gasteiger partial charge in [-0.25, -0.2) is 4.79 Å². The van der Waals surface area contributed by atoms with Gasteiger partial charge in [0.05, 0.1) is 6.54 Å². The highest BCUT2D eigenvalue weighted by Gasteiger charge is 2.32. The van der Waals surface area contributed by atoms with Crippen LogP contribution in [0.3, 0.4) is 0 Å². The van der Waals surface area contributed by atoms with Crippen molar-refractivity contribution in [3.05, 3.63) is 72.3 Å². The summed E-state index contributed by atoms with van der Waals surface area (Å²) < 4.78 is 11.3. The van der Waals surface area contributed by atoms with E-state index < -0.39 is 24.7 Å². The van der Waals surface area contributed by atoms with Gasteiger partial charge in [0.2, 0.25) is 0 Å². The minimum atomic E-state index is -1.06. The maximum atomic E-state index is 12.3. The molecule has 0 aromatic heterocycles. The SMILES string of the molecule is NC(=NCC(=O)O)c1ccc(N2CC(COc3ccc4ccccc4c3)OC2=O)cc1.